The lowest BCUT2D eigenvalue weighted by molar-refractivity contribution is -0.384. The molecule has 1 aromatic carbocycles. The van der Waals surface area contributed by atoms with Crippen LogP contribution in [0.2, 0.25) is 5.02 Å². The number of nitro benzene ring substituents is 1. The molecule has 8 heteroatoms. The van der Waals surface area contributed by atoms with Gasteiger partial charge in [0.15, 0.2) is 0 Å². The van der Waals surface area contributed by atoms with Gasteiger partial charge in [-0.25, -0.2) is 0 Å². The van der Waals surface area contributed by atoms with Gasteiger partial charge in [-0.15, -0.1) is 0 Å². The number of non-ortho nitro benzene ring substituents is 1. The van der Waals surface area contributed by atoms with Gasteiger partial charge in [0.1, 0.15) is 0 Å². The van der Waals surface area contributed by atoms with Gasteiger partial charge < -0.3 is 10.4 Å². The van der Waals surface area contributed by atoms with Gasteiger partial charge in [0, 0.05) is 18.7 Å². The second kappa shape index (κ2) is 5.09. The lowest BCUT2D eigenvalue weighted by Crippen LogP contribution is -2.34. The van der Waals surface area contributed by atoms with Crippen LogP contribution in [-0.2, 0) is 4.79 Å². The van der Waals surface area contributed by atoms with Crippen LogP contribution in [0, 0.1) is 15.5 Å². The summed E-state index contributed by atoms with van der Waals surface area (Å²) in [7, 11) is 0. The Morgan fingerprint density at radius 3 is 2.55 bits per heavy atom. The van der Waals surface area contributed by atoms with Gasteiger partial charge in [0.05, 0.1) is 20.9 Å². The van der Waals surface area contributed by atoms with Crippen LogP contribution >= 0.6 is 11.6 Å². The van der Waals surface area contributed by atoms with E-state index in [2.05, 4.69) is 5.32 Å². The molecule has 0 aromatic heterocycles. The lowest BCUT2D eigenvalue weighted by atomic mass is 10.1. The SMILES string of the molecule is O=C(NCC1(C(=O)O)CC1)c1ccc([N+](=O)[O-])cc1Cl. The van der Waals surface area contributed by atoms with E-state index in [-0.39, 0.29) is 22.8 Å². The fourth-order valence-electron chi connectivity index (χ4n) is 1.76. The van der Waals surface area contributed by atoms with Gasteiger partial charge in [-0.3, -0.25) is 19.7 Å². The highest BCUT2D eigenvalue weighted by molar-refractivity contribution is 6.34. The summed E-state index contributed by atoms with van der Waals surface area (Å²) >= 11 is 5.81. The Bertz CT molecular complexity index is 598. The van der Waals surface area contributed by atoms with E-state index in [1.54, 1.807) is 0 Å². The zero-order chi connectivity index (χ0) is 14.9. The van der Waals surface area contributed by atoms with E-state index >= 15 is 0 Å². The second-order valence-corrected chi connectivity index (χ2v) is 5.10. The van der Waals surface area contributed by atoms with Crippen molar-refractivity contribution in [2.45, 2.75) is 12.8 Å². The van der Waals surface area contributed by atoms with Crippen LogP contribution in [0.25, 0.3) is 0 Å². The highest BCUT2D eigenvalue weighted by Gasteiger charge is 2.50. The molecule has 1 amide bonds. The summed E-state index contributed by atoms with van der Waals surface area (Å²) in [6.07, 6.45) is 1.05. The Morgan fingerprint density at radius 2 is 2.10 bits per heavy atom. The summed E-state index contributed by atoms with van der Waals surface area (Å²) in [5.74, 6) is -1.48. The maximum atomic E-state index is 11.9. The molecule has 0 aliphatic heterocycles. The zero-order valence-electron chi connectivity index (χ0n) is 10.3. The van der Waals surface area contributed by atoms with Crippen molar-refractivity contribution in [3.05, 3.63) is 38.9 Å². The number of amides is 1. The first-order valence-corrected chi connectivity index (χ1v) is 6.19. The number of nitrogens with zero attached hydrogens (tertiary/aromatic N) is 1. The number of carbonyl (C=O) groups is 2. The van der Waals surface area contributed by atoms with Crippen molar-refractivity contribution in [1.82, 2.24) is 5.32 Å². The molecule has 0 spiro atoms. The van der Waals surface area contributed by atoms with E-state index in [4.69, 9.17) is 16.7 Å². The van der Waals surface area contributed by atoms with Crippen molar-refractivity contribution < 1.29 is 19.6 Å². The Kier molecular flexibility index (Phi) is 3.63. The molecule has 0 heterocycles. The largest absolute Gasteiger partial charge is 0.481 e. The van der Waals surface area contributed by atoms with Crippen molar-refractivity contribution in [2.24, 2.45) is 5.41 Å². The fraction of sp³-hybridized carbons (Fsp3) is 0.333. The Labute approximate surface area is 118 Å². The lowest BCUT2D eigenvalue weighted by Gasteiger charge is -2.11. The van der Waals surface area contributed by atoms with Crippen molar-refractivity contribution in [1.29, 1.82) is 0 Å². The molecule has 106 valence electrons. The third kappa shape index (κ3) is 2.72. The summed E-state index contributed by atoms with van der Waals surface area (Å²) in [5.41, 5.74) is -1.00. The number of rotatable bonds is 5. The van der Waals surface area contributed by atoms with Crippen molar-refractivity contribution >= 4 is 29.2 Å². The van der Waals surface area contributed by atoms with Gasteiger partial charge >= 0.3 is 5.97 Å². The van der Waals surface area contributed by atoms with Crippen LogP contribution in [-0.4, -0.2) is 28.5 Å². The van der Waals surface area contributed by atoms with E-state index in [1.807, 2.05) is 0 Å². The molecule has 1 aromatic rings. The van der Waals surface area contributed by atoms with Crippen molar-refractivity contribution in [3.8, 4) is 0 Å². The minimum absolute atomic E-state index is 0.0223. The molecule has 0 bridgehead atoms. The van der Waals surface area contributed by atoms with E-state index in [0.717, 1.165) is 6.07 Å². The highest BCUT2D eigenvalue weighted by atomic mass is 35.5. The number of carbonyl (C=O) groups excluding carboxylic acids is 1. The molecule has 20 heavy (non-hydrogen) atoms. The number of nitro groups is 1. The zero-order valence-corrected chi connectivity index (χ0v) is 11.0. The molecule has 2 rings (SSSR count). The molecule has 7 nitrogen and oxygen atoms in total. The van der Waals surface area contributed by atoms with Gasteiger partial charge in [-0.05, 0) is 18.9 Å². The fourth-order valence-corrected chi connectivity index (χ4v) is 2.02. The Morgan fingerprint density at radius 1 is 1.45 bits per heavy atom. The van der Waals surface area contributed by atoms with E-state index in [9.17, 15) is 19.7 Å². The van der Waals surface area contributed by atoms with Crippen LogP contribution in [0.15, 0.2) is 18.2 Å². The molecule has 2 N–H and O–H groups in total. The van der Waals surface area contributed by atoms with Gasteiger partial charge in [-0.2, -0.15) is 0 Å². The third-order valence-electron chi connectivity index (χ3n) is 3.30. The summed E-state index contributed by atoms with van der Waals surface area (Å²) in [6.45, 7) is 0.0223. The third-order valence-corrected chi connectivity index (χ3v) is 3.62. The quantitative estimate of drug-likeness (QED) is 0.636. The molecular weight excluding hydrogens is 288 g/mol. The first-order chi connectivity index (χ1) is 9.35. The van der Waals surface area contributed by atoms with Gasteiger partial charge in [0.25, 0.3) is 11.6 Å². The Hall–Kier alpha value is -2.15. The summed E-state index contributed by atoms with van der Waals surface area (Å²) in [6, 6.07) is 3.50. The molecular formula is C12H11ClN2O5. The number of halogens is 1. The van der Waals surface area contributed by atoms with Crippen LogP contribution in [0.1, 0.15) is 23.2 Å². The second-order valence-electron chi connectivity index (χ2n) is 4.69. The number of benzene rings is 1. The average molecular weight is 299 g/mol. The smallest absolute Gasteiger partial charge is 0.311 e. The molecule has 0 atom stereocenters. The minimum atomic E-state index is -0.937. The van der Waals surface area contributed by atoms with E-state index < -0.39 is 22.2 Å². The number of hydrogen-bond donors (Lipinski definition) is 2. The van der Waals surface area contributed by atoms with Crippen molar-refractivity contribution in [2.75, 3.05) is 6.54 Å². The Balaban J connectivity index is 2.06. The number of carboxylic acid groups (broad SMARTS) is 1. The first kappa shape index (κ1) is 14.3. The number of carboxylic acids is 1. The molecule has 1 fully saturated rings. The standard InChI is InChI=1S/C12H11ClN2O5/c13-9-5-7(15(19)20)1-2-8(9)10(16)14-6-12(3-4-12)11(17)18/h1-2,5H,3-4,6H2,(H,14,16)(H,17,18). The number of hydrogen-bond acceptors (Lipinski definition) is 4. The molecule has 0 radical (unpaired) electrons. The summed E-state index contributed by atoms with van der Waals surface area (Å²) < 4.78 is 0. The maximum absolute atomic E-state index is 11.9. The molecule has 1 saturated carbocycles. The van der Waals surface area contributed by atoms with Crippen molar-refractivity contribution in [3.63, 3.8) is 0 Å². The molecule has 0 saturated heterocycles. The normalized spacial score (nSPS) is 15.4. The minimum Gasteiger partial charge on any atom is -0.481 e. The maximum Gasteiger partial charge on any atom is 0.311 e. The predicted octanol–water partition coefficient (Wildman–Crippen LogP) is 1.84. The summed E-state index contributed by atoms with van der Waals surface area (Å²) in [4.78, 5) is 32.8. The van der Waals surface area contributed by atoms with Crippen LogP contribution in [0.3, 0.4) is 0 Å². The van der Waals surface area contributed by atoms with Gasteiger partial charge in [0.2, 0.25) is 0 Å². The molecule has 1 aliphatic rings. The predicted molar refractivity (Wildman–Crippen MR) is 69.7 cm³/mol. The first-order valence-electron chi connectivity index (χ1n) is 5.81. The average Bonchev–Trinajstić information content (AvgIpc) is 3.17. The summed E-state index contributed by atoms with van der Waals surface area (Å²) in [5, 5.41) is 22.0. The van der Waals surface area contributed by atoms with Crippen LogP contribution in [0.4, 0.5) is 5.69 Å². The van der Waals surface area contributed by atoms with E-state index in [1.165, 1.54) is 12.1 Å². The van der Waals surface area contributed by atoms with Gasteiger partial charge in [-0.1, -0.05) is 11.6 Å². The number of nitrogens with one attached hydrogen (secondary N) is 1. The monoisotopic (exact) mass is 298 g/mol. The van der Waals surface area contributed by atoms with Crippen LogP contribution in [0.5, 0.6) is 0 Å². The molecule has 1 aliphatic carbocycles. The molecule has 0 unspecified atom stereocenters. The number of aliphatic carboxylic acids is 1. The topological polar surface area (TPSA) is 110 Å². The highest BCUT2D eigenvalue weighted by Crippen LogP contribution is 2.45. The van der Waals surface area contributed by atoms with Crippen LogP contribution < -0.4 is 5.32 Å². The van der Waals surface area contributed by atoms with E-state index in [0.29, 0.717) is 12.8 Å².